The topological polar surface area (TPSA) is 89.5 Å². The zero-order valence-corrected chi connectivity index (χ0v) is 16.8. The smallest absolute Gasteiger partial charge is 0.410 e. The number of piperidine rings is 1. The molecule has 0 saturated carbocycles. The third kappa shape index (κ3) is 5.55. The highest BCUT2D eigenvalue weighted by molar-refractivity contribution is 5.68. The van der Waals surface area contributed by atoms with Gasteiger partial charge in [0, 0.05) is 38.2 Å². The lowest BCUT2D eigenvalue weighted by Crippen LogP contribution is -2.44. The fourth-order valence-corrected chi connectivity index (χ4v) is 2.88. The van der Waals surface area contributed by atoms with Crippen LogP contribution in [-0.2, 0) is 4.74 Å². The van der Waals surface area contributed by atoms with E-state index in [2.05, 4.69) is 20.3 Å². The van der Waals surface area contributed by atoms with E-state index < -0.39 is 5.60 Å². The number of likely N-dealkylation sites (tertiary alicyclic amines) is 1. The number of aryl methyl sites for hydroxylation is 1. The average Bonchev–Trinajstić information content (AvgIpc) is 2.63. The molecule has 1 aliphatic rings. The Kier molecular flexibility index (Phi) is 5.96. The lowest BCUT2D eigenvalue weighted by Gasteiger charge is -2.33. The van der Waals surface area contributed by atoms with Gasteiger partial charge in [0.1, 0.15) is 23.9 Å². The van der Waals surface area contributed by atoms with E-state index in [4.69, 9.17) is 9.47 Å². The van der Waals surface area contributed by atoms with Crippen molar-refractivity contribution in [3.05, 3.63) is 36.4 Å². The number of rotatable bonds is 4. The largest absolute Gasteiger partial charge is 0.474 e. The first kappa shape index (κ1) is 19.9. The molecule has 1 N–H and O–H groups in total. The second-order valence-corrected chi connectivity index (χ2v) is 7.79. The van der Waals surface area contributed by atoms with E-state index in [1.807, 2.05) is 39.8 Å². The van der Waals surface area contributed by atoms with Gasteiger partial charge in [-0.1, -0.05) is 0 Å². The summed E-state index contributed by atoms with van der Waals surface area (Å²) in [5.41, 5.74) is 1.29. The van der Waals surface area contributed by atoms with Gasteiger partial charge in [0.05, 0.1) is 11.4 Å². The van der Waals surface area contributed by atoms with Crippen LogP contribution in [0.3, 0.4) is 0 Å². The molecule has 8 nitrogen and oxygen atoms in total. The van der Waals surface area contributed by atoms with Crippen molar-refractivity contribution in [3.63, 3.8) is 0 Å². The maximum Gasteiger partial charge on any atom is 0.410 e. The summed E-state index contributed by atoms with van der Waals surface area (Å²) in [4.78, 5) is 26.6. The van der Waals surface area contributed by atoms with Gasteiger partial charge >= 0.3 is 6.09 Å². The van der Waals surface area contributed by atoms with Crippen LogP contribution in [0.5, 0.6) is 5.88 Å². The van der Waals surface area contributed by atoms with Gasteiger partial charge in [-0.3, -0.25) is 4.98 Å². The Balaban J connectivity index is 1.54. The highest BCUT2D eigenvalue weighted by atomic mass is 16.6. The van der Waals surface area contributed by atoms with Crippen molar-refractivity contribution in [1.82, 2.24) is 19.9 Å². The zero-order valence-electron chi connectivity index (χ0n) is 16.8. The first-order valence-corrected chi connectivity index (χ1v) is 9.45. The van der Waals surface area contributed by atoms with Gasteiger partial charge in [-0.15, -0.1) is 0 Å². The Labute approximate surface area is 165 Å². The second-order valence-electron chi connectivity index (χ2n) is 7.79. The Morgan fingerprint density at radius 2 is 1.96 bits per heavy atom. The molecule has 8 heteroatoms. The Morgan fingerprint density at radius 1 is 1.21 bits per heavy atom. The predicted octanol–water partition coefficient (Wildman–Crippen LogP) is 3.70. The molecule has 28 heavy (non-hydrogen) atoms. The number of hydrogen-bond donors (Lipinski definition) is 1. The van der Waals surface area contributed by atoms with E-state index in [9.17, 15) is 4.79 Å². The normalized spacial score (nSPS) is 15.2. The molecule has 2 aromatic heterocycles. The average molecular weight is 385 g/mol. The molecule has 0 spiro atoms. The molecule has 0 atom stereocenters. The number of carbonyl (C=O) groups is 1. The number of aromatic nitrogens is 3. The molecule has 1 aliphatic heterocycles. The number of nitrogens with one attached hydrogen (secondary N) is 1. The van der Waals surface area contributed by atoms with Gasteiger partial charge in [-0.25, -0.2) is 14.8 Å². The van der Waals surface area contributed by atoms with Crippen molar-refractivity contribution in [2.24, 2.45) is 0 Å². The van der Waals surface area contributed by atoms with Crippen LogP contribution in [-0.4, -0.2) is 50.7 Å². The molecular weight excluding hydrogens is 358 g/mol. The van der Waals surface area contributed by atoms with Crippen molar-refractivity contribution in [2.45, 2.75) is 52.2 Å². The van der Waals surface area contributed by atoms with Gasteiger partial charge in [0.25, 0.3) is 0 Å². The molecule has 0 radical (unpaired) electrons. The maximum atomic E-state index is 12.2. The Morgan fingerprint density at radius 3 is 2.64 bits per heavy atom. The Bertz CT molecular complexity index is 813. The number of pyridine rings is 1. The third-order valence-electron chi connectivity index (χ3n) is 4.29. The summed E-state index contributed by atoms with van der Waals surface area (Å²) in [5, 5.41) is 3.23. The maximum absolute atomic E-state index is 12.2. The quantitative estimate of drug-likeness (QED) is 0.858. The number of nitrogens with zero attached hydrogens (tertiary/aromatic N) is 4. The monoisotopic (exact) mass is 385 g/mol. The van der Waals surface area contributed by atoms with Crippen molar-refractivity contribution in [3.8, 4) is 5.88 Å². The molecule has 0 aromatic carbocycles. The number of hydrogen-bond acceptors (Lipinski definition) is 7. The number of anilines is 2. The van der Waals surface area contributed by atoms with E-state index in [0.717, 1.165) is 24.2 Å². The third-order valence-corrected chi connectivity index (χ3v) is 4.29. The van der Waals surface area contributed by atoms with E-state index in [1.165, 1.54) is 6.33 Å². The first-order chi connectivity index (χ1) is 13.3. The summed E-state index contributed by atoms with van der Waals surface area (Å²) < 4.78 is 11.4. The number of carbonyl (C=O) groups excluding carboxylic acids is 1. The predicted molar refractivity (Wildman–Crippen MR) is 106 cm³/mol. The molecule has 3 rings (SSSR count). The van der Waals surface area contributed by atoms with Crippen LogP contribution in [0.2, 0.25) is 0 Å². The molecule has 1 fully saturated rings. The number of amides is 1. The van der Waals surface area contributed by atoms with Crippen molar-refractivity contribution >= 4 is 17.6 Å². The van der Waals surface area contributed by atoms with Gasteiger partial charge < -0.3 is 19.7 Å². The summed E-state index contributed by atoms with van der Waals surface area (Å²) in [6, 6.07) is 5.58. The molecule has 0 aliphatic carbocycles. The number of ether oxygens (including phenoxy) is 2. The summed E-state index contributed by atoms with van der Waals surface area (Å²) in [6.07, 6.45) is 4.41. The van der Waals surface area contributed by atoms with Crippen LogP contribution in [0.4, 0.5) is 16.3 Å². The van der Waals surface area contributed by atoms with Gasteiger partial charge in [-0.2, -0.15) is 0 Å². The summed E-state index contributed by atoms with van der Waals surface area (Å²) >= 11 is 0. The van der Waals surface area contributed by atoms with Gasteiger partial charge in [0.15, 0.2) is 0 Å². The molecule has 0 unspecified atom stereocenters. The standard InChI is InChI=1S/C20H27N5O3/c1-14-16(6-5-9-21-14)24-17-12-18(23-13-22-17)27-15-7-10-25(11-8-15)19(26)28-20(2,3)4/h5-6,9,12-13,15H,7-8,10-11H2,1-4H3,(H,22,23,24). The van der Waals surface area contributed by atoms with Crippen LogP contribution in [0.25, 0.3) is 0 Å². The molecule has 3 heterocycles. The minimum atomic E-state index is -0.485. The highest BCUT2D eigenvalue weighted by Gasteiger charge is 2.27. The van der Waals surface area contributed by atoms with Crippen LogP contribution in [0, 0.1) is 6.92 Å². The molecule has 150 valence electrons. The minimum Gasteiger partial charge on any atom is -0.474 e. The SMILES string of the molecule is Cc1ncccc1Nc1cc(OC2CCN(C(=O)OC(C)(C)C)CC2)ncn1. The zero-order chi connectivity index (χ0) is 20.1. The molecule has 0 bridgehead atoms. The van der Waals surface area contributed by atoms with E-state index in [0.29, 0.717) is 24.8 Å². The summed E-state index contributed by atoms with van der Waals surface area (Å²) in [7, 11) is 0. The van der Waals surface area contributed by atoms with E-state index in [-0.39, 0.29) is 12.2 Å². The molecule has 1 saturated heterocycles. The molecular formula is C20H27N5O3. The van der Waals surface area contributed by atoms with Gasteiger partial charge in [-0.05, 0) is 39.8 Å². The van der Waals surface area contributed by atoms with Crippen LogP contribution in [0.15, 0.2) is 30.7 Å². The van der Waals surface area contributed by atoms with E-state index >= 15 is 0 Å². The highest BCUT2D eigenvalue weighted by Crippen LogP contribution is 2.22. The lowest BCUT2D eigenvalue weighted by atomic mass is 10.1. The van der Waals surface area contributed by atoms with Crippen LogP contribution < -0.4 is 10.1 Å². The van der Waals surface area contributed by atoms with Crippen LogP contribution in [0.1, 0.15) is 39.3 Å². The molecule has 2 aromatic rings. The van der Waals surface area contributed by atoms with Gasteiger partial charge in [0.2, 0.25) is 5.88 Å². The first-order valence-electron chi connectivity index (χ1n) is 9.45. The van der Waals surface area contributed by atoms with E-state index in [1.54, 1.807) is 17.2 Å². The molecule has 1 amide bonds. The Hall–Kier alpha value is -2.90. The van der Waals surface area contributed by atoms with Crippen molar-refractivity contribution in [1.29, 1.82) is 0 Å². The summed E-state index contributed by atoms with van der Waals surface area (Å²) in [5.74, 6) is 1.15. The second kappa shape index (κ2) is 8.41. The fraction of sp³-hybridized carbons (Fsp3) is 0.500. The minimum absolute atomic E-state index is 0.00145. The van der Waals surface area contributed by atoms with Crippen molar-refractivity contribution in [2.75, 3.05) is 18.4 Å². The fourth-order valence-electron chi connectivity index (χ4n) is 2.88. The lowest BCUT2D eigenvalue weighted by molar-refractivity contribution is 0.0123. The summed E-state index contributed by atoms with van der Waals surface area (Å²) in [6.45, 7) is 8.74. The van der Waals surface area contributed by atoms with Crippen LogP contribution >= 0.6 is 0 Å². The van der Waals surface area contributed by atoms with Crippen molar-refractivity contribution < 1.29 is 14.3 Å².